The third-order valence-electron chi connectivity index (χ3n) is 5.29. The van der Waals surface area contributed by atoms with Gasteiger partial charge in [-0.15, -0.1) is 0 Å². The molecule has 2 aromatic carbocycles. The van der Waals surface area contributed by atoms with Crippen LogP contribution >= 0.6 is 0 Å². The molecular weight excluding hydrogens is 381 g/mol. The zero-order valence-corrected chi connectivity index (χ0v) is 16.4. The first-order chi connectivity index (χ1) is 14.6. The number of likely N-dealkylation sites (tertiary alicyclic amines) is 1. The van der Waals surface area contributed by atoms with E-state index in [9.17, 15) is 14.0 Å². The van der Waals surface area contributed by atoms with E-state index in [0.29, 0.717) is 30.9 Å². The van der Waals surface area contributed by atoms with E-state index in [1.807, 2.05) is 36.4 Å². The van der Waals surface area contributed by atoms with Gasteiger partial charge < -0.3 is 10.2 Å². The fourth-order valence-corrected chi connectivity index (χ4v) is 3.65. The first kappa shape index (κ1) is 19.8. The van der Waals surface area contributed by atoms with Gasteiger partial charge in [0.1, 0.15) is 11.6 Å². The summed E-state index contributed by atoms with van der Waals surface area (Å²) in [6.45, 7) is 0.925. The average molecular weight is 403 g/mol. The van der Waals surface area contributed by atoms with Gasteiger partial charge in [0.05, 0.1) is 5.92 Å². The molecule has 0 bridgehead atoms. The summed E-state index contributed by atoms with van der Waals surface area (Å²) in [5.41, 5.74) is 2.46. The van der Waals surface area contributed by atoms with Crippen molar-refractivity contribution in [3.8, 4) is 11.1 Å². The van der Waals surface area contributed by atoms with Crippen molar-refractivity contribution in [2.75, 3.05) is 18.4 Å². The molecule has 1 aliphatic heterocycles. The van der Waals surface area contributed by atoms with Gasteiger partial charge in [-0.05, 0) is 54.8 Å². The van der Waals surface area contributed by atoms with Gasteiger partial charge in [0, 0.05) is 30.4 Å². The highest BCUT2D eigenvalue weighted by molar-refractivity contribution is 5.96. The Morgan fingerprint density at radius 3 is 2.43 bits per heavy atom. The van der Waals surface area contributed by atoms with Crippen LogP contribution in [-0.4, -0.2) is 34.8 Å². The minimum atomic E-state index is -0.381. The molecule has 1 unspecified atom stereocenters. The van der Waals surface area contributed by atoms with Crippen molar-refractivity contribution in [3.05, 3.63) is 84.3 Å². The first-order valence-electron chi connectivity index (χ1n) is 9.97. The molecule has 0 spiro atoms. The third kappa shape index (κ3) is 4.54. The van der Waals surface area contributed by atoms with Crippen LogP contribution in [0.5, 0.6) is 0 Å². The summed E-state index contributed by atoms with van der Waals surface area (Å²) in [5, 5.41) is 2.86. The van der Waals surface area contributed by atoms with Crippen molar-refractivity contribution in [2.45, 2.75) is 12.8 Å². The van der Waals surface area contributed by atoms with Gasteiger partial charge in [-0.25, -0.2) is 9.37 Å². The number of piperidine rings is 1. The van der Waals surface area contributed by atoms with Gasteiger partial charge in [-0.2, -0.15) is 0 Å². The number of benzene rings is 2. The van der Waals surface area contributed by atoms with E-state index in [2.05, 4.69) is 10.3 Å². The topological polar surface area (TPSA) is 62.3 Å². The highest BCUT2D eigenvalue weighted by Gasteiger charge is 2.29. The lowest BCUT2D eigenvalue weighted by molar-refractivity contribution is -0.121. The second-order valence-electron chi connectivity index (χ2n) is 7.38. The fourth-order valence-electron chi connectivity index (χ4n) is 3.65. The maximum absolute atomic E-state index is 13.1. The van der Waals surface area contributed by atoms with Crippen LogP contribution in [0.3, 0.4) is 0 Å². The van der Waals surface area contributed by atoms with Gasteiger partial charge in [0.2, 0.25) is 5.91 Å². The van der Waals surface area contributed by atoms with Crippen LogP contribution in [0.25, 0.3) is 11.1 Å². The number of aromatic nitrogens is 1. The molecule has 5 nitrogen and oxygen atoms in total. The van der Waals surface area contributed by atoms with Gasteiger partial charge in [0.25, 0.3) is 5.91 Å². The second kappa shape index (κ2) is 8.86. The van der Waals surface area contributed by atoms with Crippen molar-refractivity contribution >= 4 is 17.6 Å². The van der Waals surface area contributed by atoms with E-state index in [1.54, 1.807) is 17.2 Å². The Morgan fingerprint density at radius 1 is 0.967 bits per heavy atom. The molecule has 1 aromatic heterocycles. The summed E-state index contributed by atoms with van der Waals surface area (Å²) in [6.07, 6.45) is 3.18. The molecule has 2 heterocycles. The van der Waals surface area contributed by atoms with Crippen molar-refractivity contribution < 1.29 is 14.0 Å². The van der Waals surface area contributed by atoms with E-state index in [1.165, 1.54) is 24.3 Å². The number of carbonyl (C=O) groups excluding carboxylic acids is 2. The van der Waals surface area contributed by atoms with Gasteiger partial charge >= 0.3 is 0 Å². The monoisotopic (exact) mass is 403 g/mol. The highest BCUT2D eigenvalue weighted by atomic mass is 19.1. The minimum absolute atomic E-state index is 0.147. The molecule has 0 radical (unpaired) electrons. The number of anilines is 1. The number of hydrogen-bond acceptors (Lipinski definition) is 3. The van der Waals surface area contributed by atoms with Crippen molar-refractivity contribution in [2.24, 2.45) is 5.92 Å². The maximum Gasteiger partial charge on any atom is 0.253 e. The number of amides is 2. The Hall–Kier alpha value is -3.54. The van der Waals surface area contributed by atoms with Gasteiger partial charge in [-0.1, -0.05) is 30.3 Å². The SMILES string of the molecule is O=C(Nc1ccc(-c2ccccc2)cn1)C1CCCN(C(=O)c2ccc(F)cc2)C1. The average Bonchev–Trinajstić information content (AvgIpc) is 2.80. The van der Waals surface area contributed by atoms with Crippen molar-refractivity contribution in [3.63, 3.8) is 0 Å². The van der Waals surface area contributed by atoms with Crippen LogP contribution < -0.4 is 5.32 Å². The van der Waals surface area contributed by atoms with Gasteiger partial charge in [0.15, 0.2) is 0 Å². The summed E-state index contributed by atoms with van der Waals surface area (Å²) in [7, 11) is 0. The molecule has 4 rings (SSSR count). The Bertz CT molecular complexity index is 1020. The number of halogens is 1. The van der Waals surface area contributed by atoms with Crippen LogP contribution in [0.4, 0.5) is 10.2 Å². The first-order valence-corrected chi connectivity index (χ1v) is 9.97. The summed E-state index contributed by atoms with van der Waals surface area (Å²) in [5.74, 6) is -0.530. The van der Waals surface area contributed by atoms with E-state index >= 15 is 0 Å². The Morgan fingerprint density at radius 2 is 1.73 bits per heavy atom. The number of nitrogens with one attached hydrogen (secondary N) is 1. The van der Waals surface area contributed by atoms with Crippen LogP contribution in [0.15, 0.2) is 72.9 Å². The van der Waals surface area contributed by atoms with E-state index < -0.39 is 0 Å². The molecule has 1 N–H and O–H groups in total. The molecule has 0 saturated carbocycles. The van der Waals surface area contributed by atoms with Crippen molar-refractivity contribution in [1.29, 1.82) is 0 Å². The lowest BCUT2D eigenvalue weighted by Gasteiger charge is -2.32. The molecule has 0 aliphatic carbocycles. The van der Waals surface area contributed by atoms with E-state index in [-0.39, 0.29) is 23.5 Å². The van der Waals surface area contributed by atoms with Crippen LogP contribution in [-0.2, 0) is 4.79 Å². The predicted octanol–water partition coefficient (Wildman–Crippen LogP) is 4.38. The van der Waals surface area contributed by atoms with E-state index in [0.717, 1.165) is 17.5 Å². The summed E-state index contributed by atoms with van der Waals surface area (Å²) < 4.78 is 13.1. The number of pyridine rings is 1. The Labute approximate surface area is 174 Å². The molecule has 1 aliphatic rings. The Balaban J connectivity index is 1.38. The minimum Gasteiger partial charge on any atom is -0.338 e. The number of nitrogens with zero attached hydrogens (tertiary/aromatic N) is 2. The standard InChI is InChI=1S/C24H22FN3O2/c25-21-11-8-18(9-12-21)24(30)28-14-4-7-20(16-28)23(29)27-22-13-10-19(15-26-22)17-5-2-1-3-6-17/h1-3,5-6,8-13,15,20H,4,7,14,16H2,(H,26,27,29). The fraction of sp³-hybridized carbons (Fsp3) is 0.208. The molecule has 152 valence electrons. The zero-order valence-electron chi connectivity index (χ0n) is 16.4. The molecule has 3 aromatic rings. The van der Waals surface area contributed by atoms with Crippen LogP contribution in [0.2, 0.25) is 0 Å². The molecule has 2 amide bonds. The summed E-state index contributed by atoms with van der Waals surface area (Å²) in [4.78, 5) is 31.4. The van der Waals surface area contributed by atoms with Crippen LogP contribution in [0.1, 0.15) is 23.2 Å². The molecule has 1 saturated heterocycles. The zero-order chi connectivity index (χ0) is 20.9. The molecular formula is C24H22FN3O2. The Kier molecular flexibility index (Phi) is 5.84. The van der Waals surface area contributed by atoms with Crippen molar-refractivity contribution in [1.82, 2.24) is 9.88 Å². The predicted molar refractivity (Wildman–Crippen MR) is 113 cm³/mol. The number of carbonyl (C=O) groups is 2. The molecule has 1 fully saturated rings. The quantitative estimate of drug-likeness (QED) is 0.703. The van der Waals surface area contributed by atoms with Gasteiger partial charge in [-0.3, -0.25) is 9.59 Å². The molecule has 6 heteroatoms. The summed E-state index contributed by atoms with van der Waals surface area (Å²) in [6, 6.07) is 19.1. The highest BCUT2D eigenvalue weighted by Crippen LogP contribution is 2.22. The number of rotatable bonds is 4. The maximum atomic E-state index is 13.1. The largest absolute Gasteiger partial charge is 0.338 e. The molecule has 30 heavy (non-hydrogen) atoms. The van der Waals surface area contributed by atoms with E-state index in [4.69, 9.17) is 0 Å². The smallest absolute Gasteiger partial charge is 0.253 e. The summed E-state index contributed by atoms with van der Waals surface area (Å²) >= 11 is 0. The lowest BCUT2D eigenvalue weighted by Crippen LogP contribution is -2.43. The molecule has 1 atom stereocenters. The normalized spacial score (nSPS) is 16.2. The second-order valence-corrected chi connectivity index (χ2v) is 7.38. The number of hydrogen-bond donors (Lipinski definition) is 1. The van der Waals surface area contributed by atoms with Crippen LogP contribution in [0, 0.1) is 11.7 Å². The third-order valence-corrected chi connectivity index (χ3v) is 5.29. The lowest BCUT2D eigenvalue weighted by atomic mass is 9.96.